The van der Waals surface area contributed by atoms with E-state index in [-0.39, 0.29) is 53.8 Å². The highest BCUT2D eigenvalue weighted by Gasteiger charge is 2.42. The molecule has 1 aliphatic rings. The number of hydrogen-bond donors (Lipinski definition) is 2. The van der Waals surface area contributed by atoms with Crippen LogP contribution < -0.4 is 11.3 Å². The minimum absolute atomic E-state index is 0.0249. The van der Waals surface area contributed by atoms with Gasteiger partial charge in [-0.25, -0.2) is 4.98 Å². The van der Waals surface area contributed by atoms with Gasteiger partial charge >= 0.3 is 11.9 Å². The van der Waals surface area contributed by atoms with Crippen LogP contribution in [0.4, 0.5) is 5.95 Å². The number of anilines is 1. The van der Waals surface area contributed by atoms with E-state index in [1.54, 1.807) is 32.3 Å². The fraction of sp³-hybridized carbons (Fsp3) is 0.550. The van der Waals surface area contributed by atoms with Crippen molar-refractivity contribution in [3.8, 4) is 0 Å². The Morgan fingerprint density at radius 3 is 2.60 bits per heavy atom. The number of nitrogen functional groups attached to an aromatic ring is 1. The number of imidazole rings is 1. The highest BCUT2D eigenvalue weighted by atomic mass is 16.6. The first-order chi connectivity index (χ1) is 14.1. The maximum absolute atomic E-state index is 12.3. The average Bonchev–Trinajstić information content (AvgIpc) is 3.21. The monoisotopic (exact) mass is 417 g/mol. The second-order valence-electron chi connectivity index (χ2n) is 8.16. The molecule has 10 nitrogen and oxygen atoms in total. The van der Waals surface area contributed by atoms with Gasteiger partial charge in [0.25, 0.3) is 5.56 Å². The number of carbonyl (C=O) groups is 2. The average molecular weight is 417 g/mol. The van der Waals surface area contributed by atoms with Crippen LogP contribution in [0.2, 0.25) is 0 Å². The topological polar surface area (TPSA) is 142 Å². The minimum Gasteiger partial charge on any atom is -0.465 e. The van der Waals surface area contributed by atoms with E-state index in [1.807, 2.05) is 0 Å². The smallest absolute Gasteiger partial charge is 0.308 e. The van der Waals surface area contributed by atoms with Crippen LogP contribution in [-0.2, 0) is 19.1 Å². The number of nitrogens with two attached hydrogens (primary N) is 1. The largest absolute Gasteiger partial charge is 0.465 e. The standard InChI is InChI=1S/C20H27N5O5/c1-9(2)18(27)29-7-12-6-13(11(5)15(12)30-19(28)10(3)4)25-8-22-14-16(25)23-20(21)24-17(14)26/h8-10,12-13,15H,5-7H2,1-4H3,(H3,21,23,24,26)/t12-,13+,15-/m1/s1. The lowest BCUT2D eigenvalue weighted by Crippen LogP contribution is -2.29. The Balaban J connectivity index is 1.93. The SMILES string of the molecule is C=C1[C@@H](OC(=O)C(C)C)[C@@H](COC(=O)C(C)C)C[C@@H]1n1cnc2c(=O)[nH]c(N)nc21. The van der Waals surface area contributed by atoms with Crippen molar-refractivity contribution >= 4 is 29.1 Å². The third-order valence-electron chi connectivity index (χ3n) is 5.16. The molecule has 2 aromatic rings. The van der Waals surface area contributed by atoms with Crippen molar-refractivity contribution < 1.29 is 19.1 Å². The van der Waals surface area contributed by atoms with Gasteiger partial charge in [0, 0.05) is 5.92 Å². The van der Waals surface area contributed by atoms with E-state index in [0.717, 1.165) is 0 Å². The molecule has 0 bridgehead atoms. The summed E-state index contributed by atoms with van der Waals surface area (Å²) in [6.45, 7) is 11.2. The number of H-pyrrole nitrogens is 1. The fourth-order valence-electron chi connectivity index (χ4n) is 3.46. The van der Waals surface area contributed by atoms with Crippen molar-refractivity contribution in [1.29, 1.82) is 0 Å². The van der Waals surface area contributed by atoms with Crippen LogP contribution in [0.3, 0.4) is 0 Å². The first kappa shape index (κ1) is 21.5. The van der Waals surface area contributed by atoms with Gasteiger partial charge in [0.05, 0.1) is 30.8 Å². The van der Waals surface area contributed by atoms with Gasteiger partial charge < -0.3 is 19.8 Å². The maximum Gasteiger partial charge on any atom is 0.308 e. The number of nitrogens with zero attached hydrogens (tertiary/aromatic N) is 3. The molecule has 2 aromatic heterocycles. The highest BCUT2D eigenvalue weighted by Crippen LogP contribution is 2.42. The van der Waals surface area contributed by atoms with Crippen LogP contribution >= 0.6 is 0 Å². The molecule has 0 saturated heterocycles. The zero-order valence-electron chi connectivity index (χ0n) is 17.5. The quantitative estimate of drug-likeness (QED) is 0.533. The van der Waals surface area contributed by atoms with Gasteiger partial charge in [-0.15, -0.1) is 0 Å². The van der Waals surface area contributed by atoms with Crippen molar-refractivity contribution in [2.75, 3.05) is 12.3 Å². The van der Waals surface area contributed by atoms with Gasteiger partial charge in [-0.1, -0.05) is 34.3 Å². The molecular formula is C20H27N5O5. The summed E-state index contributed by atoms with van der Waals surface area (Å²) in [5.41, 5.74) is 6.34. The van der Waals surface area contributed by atoms with Crippen LogP contribution in [-0.4, -0.2) is 44.2 Å². The van der Waals surface area contributed by atoms with Gasteiger partial charge in [0.15, 0.2) is 11.2 Å². The molecule has 0 spiro atoms. The summed E-state index contributed by atoms with van der Waals surface area (Å²) in [7, 11) is 0. The molecule has 1 saturated carbocycles. The molecule has 0 radical (unpaired) electrons. The summed E-state index contributed by atoms with van der Waals surface area (Å²) in [5.74, 6) is -1.58. The Labute approximate surface area is 173 Å². The van der Waals surface area contributed by atoms with Gasteiger partial charge in [0.2, 0.25) is 5.95 Å². The van der Waals surface area contributed by atoms with Gasteiger partial charge in [-0.3, -0.25) is 19.4 Å². The van der Waals surface area contributed by atoms with Crippen molar-refractivity contribution in [1.82, 2.24) is 19.5 Å². The molecule has 0 aliphatic heterocycles. The van der Waals surface area contributed by atoms with E-state index in [4.69, 9.17) is 15.2 Å². The summed E-state index contributed by atoms with van der Waals surface area (Å²) >= 11 is 0. The number of nitrogens with one attached hydrogen (secondary N) is 1. The first-order valence-electron chi connectivity index (χ1n) is 9.88. The predicted molar refractivity (Wildman–Crippen MR) is 109 cm³/mol. The Hall–Kier alpha value is -3.17. The summed E-state index contributed by atoms with van der Waals surface area (Å²) in [6.07, 6.45) is 1.33. The lowest BCUT2D eigenvalue weighted by atomic mass is 10.1. The van der Waals surface area contributed by atoms with Gasteiger partial charge in [-0.05, 0) is 12.0 Å². The molecule has 10 heteroatoms. The van der Waals surface area contributed by atoms with Crippen LogP contribution in [0.15, 0.2) is 23.3 Å². The molecule has 0 amide bonds. The number of aromatic amines is 1. The second kappa shape index (κ2) is 8.29. The number of carbonyl (C=O) groups excluding carboxylic acids is 2. The van der Waals surface area contributed by atoms with Crippen molar-refractivity contribution in [3.63, 3.8) is 0 Å². The molecule has 3 N–H and O–H groups in total. The Bertz CT molecular complexity index is 1040. The molecular weight excluding hydrogens is 390 g/mol. The number of ether oxygens (including phenoxy) is 2. The summed E-state index contributed by atoms with van der Waals surface area (Å²) < 4.78 is 12.8. The van der Waals surface area contributed by atoms with E-state index in [9.17, 15) is 14.4 Å². The summed E-state index contributed by atoms with van der Waals surface area (Å²) in [5, 5.41) is 0. The number of rotatable bonds is 6. The molecule has 2 heterocycles. The van der Waals surface area contributed by atoms with E-state index >= 15 is 0 Å². The summed E-state index contributed by atoms with van der Waals surface area (Å²) in [4.78, 5) is 47.1. The van der Waals surface area contributed by atoms with Crippen LogP contribution in [0.25, 0.3) is 11.2 Å². The summed E-state index contributed by atoms with van der Waals surface area (Å²) in [6, 6.07) is -0.351. The molecule has 0 unspecified atom stereocenters. The Morgan fingerprint density at radius 2 is 1.97 bits per heavy atom. The van der Waals surface area contributed by atoms with Crippen LogP contribution in [0.1, 0.15) is 40.2 Å². The lowest BCUT2D eigenvalue weighted by molar-refractivity contribution is -0.156. The van der Waals surface area contributed by atoms with Crippen LogP contribution in [0.5, 0.6) is 0 Å². The lowest BCUT2D eigenvalue weighted by Gasteiger charge is -2.22. The molecule has 1 aliphatic carbocycles. The van der Waals surface area contributed by atoms with E-state index in [2.05, 4.69) is 21.5 Å². The van der Waals surface area contributed by atoms with Crippen molar-refractivity contribution in [2.45, 2.75) is 46.3 Å². The number of aromatic nitrogens is 4. The fourth-order valence-corrected chi connectivity index (χ4v) is 3.46. The van der Waals surface area contributed by atoms with E-state index in [0.29, 0.717) is 17.6 Å². The number of esters is 2. The minimum atomic E-state index is -0.637. The molecule has 3 rings (SSSR count). The highest BCUT2D eigenvalue weighted by molar-refractivity contribution is 5.73. The maximum atomic E-state index is 12.3. The van der Waals surface area contributed by atoms with Crippen molar-refractivity contribution in [3.05, 3.63) is 28.8 Å². The molecule has 1 fully saturated rings. The molecule has 0 aromatic carbocycles. The predicted octanol–water partition coefficient (Wildman–Crippen LogP) is 1.59. The molecule has 162 valence electrons. The zero-order valence-corrected chi connectivity index (χ0v) is 17.5. The Morgan fingerprint density at radius 1 is 1.30 bits per heavy atom. The first-order valence-corrected chi connectivity index (χ1v) is 9.88. The third-order valence-corrected chi connectivity index (χ3v) is 5.16. The van der Waals surface area contributed by atoms with Crippen LogP contribution in [0, 0.1) is 17.8 Å². The van der Waals surface area contributed by atoms with Gasteiger partial charge in [0.1, 0.15) is 6.10 Å². The molecule has 3 atom stereocenters. The van der Waals surface area contributed by atoms with Crippen molar-refractivity contribution in [2.24, 2.45) is 17.8 Å². The third kappa shape index (κ3) is 4.07. The number of hydrogen-bond acceptors (Lipinski definition) is 8. The van der Waals surface area contributed by atoms with Gasteiger partial charge in [-0.2, -0.15) is 4.98 Å². The number of fused-ring (bicyclic) bond motifs is 1. The zero-order chi connectivity index (χ0) is 22.2. The normalized spacial score (nSPS) is 21.5. The Kier molecular flexibility index (Phi) is 5.95. The second-order valence-corrected chi connectivity index (χ2v) is 8.16. The molecule has 30 heavy (non-hydrogen) atoms. The van der Waals surface area contributed by atoms with E-state index in [1.165, 1.54) is 6.33 Å². The van der Waals surface area contributed by atoms with E-state index < -0.39 is 11.7 Å².